The molecule has 0 unspecified atom stereocenters. The average Bonchev–Trinajstić information content (AvgIpc) is 3.21. The van der Waals surface area contributed by atoms with Gasteiger partial charge in [-0.3, -0.25) is 9.97 Å². The highest BCUT2D eigenvalue weighted by Crippen LogP contribution is 2.41. The fraction of sp³-hybridized carbons (Fsp3) is 0. The van der Waals surface area contributed by atoms with Crippen LogP contribution in [0.15, 0.2) is 182 Å². The lowest BCUT2D eigenvalue weighted by atomic mass is 9.93. The zero-order chi connectivity index (χ0) is 33.7. The Morgan fingerprint density at radius 3 is 1.82 bits per heavy atom. The number of fused-ring (bicyclic) bond motifs is 8. The molecule has 0 amide bonds. The van der Waals surface area contributed by atoms with Gasteiger partial charge in [0.15, 0.2) is 0 Å². The molecule has 4 heteroatoms. The standard InChI is InChI=1S/C47H30N4/c1-3-12-35(13-4-1)51(36-14-5-2-6-15-36)37-22-17-33(18-23-37)45-42-26-19-31-10-7-8-16-39(31)44(42)41-25-21-34(30-43(41)50-45)38-27-29-49-47-40(38)24-20-32-11-9-28-48-46(32)47/h1-30H. The molecule has 0 aliphatic rings. The van der Waals surface area contributed by atoms with E-state index < -0.39 is 0 Å². The summed E-state index contributed by atoms with van der Waals surface area (Å²) in [5, 5.41) is 8.08. The summed E-state index contributed by atoms with van der Waals surface area (Å²) in [6, 6.07) is 60.0. The fourth-order valence-electron chi connectivity index (χ4n) is 7.54. The maximum absolute atomic E-state index is 5.45. The molecule has 0 saturated heterocycles. The number of nitrogens with zero attached hydrogens (tertiary/aromatic N) is 4. The van der Waals surface area contributed by atoms with Crippen molar-refractivity contribution >= 4 is 71.3 Å². The minimum atomic E-state index is 0.906. The van der Waals surface area contributed by atoms with E-state index >= 15 is 0 Å². The third-order valence-electron chi connectivity index (χ3n) is 9.91. The Hall–Kier alpha value is -6.91. The molecule has 0 radical (unpaired) electrons. The van der Waals surface area contributed by atoms with Gasteiger partial charge in [0, 0.05) is 62.0 Å². The first kappa shape index (κ1) is 29.0. The topological polar surface area (TPSA) is 41.9 Å². The lowest BCUT2D eigenvalue weighted by Gasteiger charge is -2.25. The van der Waals surface area contributed by atoms with Crippen LogP contribution in [0.25, 0.3) is 76.6 Å². The summed E-state index contributed by atoms with van der Waals surface area (Å²) in [5.41, 5.74) is 10.3. The smallest absolute Gasteiger partial charge is 0.0970 e. The minimum Gasteiger partial charge on any atom is -0.311 e. The summed E-state index contributed by atoms with van der Waals surface area (Å²) in [5.74, 6) is 0. The van der Waals surface area contributed by atoms with Gasteiger partial charge in [0.05, 0.1) is 22.2 Å². The van der Waals surface area contributed by atoms with E-state index in [0.29, 0.717) is 0 Å². The maximum atomic E-state index is 5.45. The van der Waals surface area contributed by atoms with Crippen molar-refractivity contribution < 1.29 is 0 Å². The van der Waals surface area contributed by atoms with Gasteiger partial charge in [-0.1, -0.05) is 115 Å². The predicted octanol–water partition coefficient (Wildman–Crippen LogP) is 12.4. The van der Waals surface area contributed by atoms with Gasteiger partial charge in [-0.05, 0) is 76.5 Å². The van der Waals surface area contributed by atoms with E-state index in [1.807, 2.05) is 18.5 Å². The molecule has 4 nitrogen and oxygen atoms in total. The zero-order valence-corrected chi connectivity index (χ0v) is 27.6. The van der Waals surface area contributed by atoms with Crippen molar-refractivity contribution in [1.29, 1.82) is 0 Å². The van der Waals surface area contributed by atoms with E-state index in [-0.39, 0.29) is 0 Å². The Bertz CT molecular complexity index is 2860. The van der Waals surface area contributed by atoms with Crippen molar-refractivity contribution in [2.45, 2.75) is 0 Å². The van der Waals surface area contributed by atoms with Crippen molar-refractivity contribution in [3.05, 3.63) is 182 Å². The zero-order valence-electron chi connectivity index (χ0n) is 27.6. The van der Waals surface area contributed by atoms with Crippen LogP contribution in [-0.2, 0) is 0 Å². The number of hydrogen-bond acceptors (Lipinski definition) is 4. The van der Waals surface area contributed by atoms with Gasteiger partial charge >= 0.3 is 0 Å². The summed E-state index contributed by atoms with van der Waals surface area (Å²) >= 11 is 0. The van der Waals surface area contributed by atoms with Crippen LogP contribution in [0, 0.1) is 0 Å². The summed E-state index contributed by atoms with van der Waals surface area (Å²) in [6.07, 6.45) is 3.72. The molecule has 0 bridgehead atoms. The average molecular weight is 651 g/mol. The van der Waals surface area contributed by atoms with Gasteiger partial charge in [-0.2, -0.15) is 0 Å². The molecule has 0 fully saturated rings. The molecule has 0 saturated carbocycles. The molecule has 3 heterocycles. The normalized spacial score (nSPS) is 11.5. The van der Waals surface area contributed by atoms with Crippen molar-refractivity contribution in [3.8, 4) is 22.4 Å². The van der Waals surface area contributed by atoms with Gasteiger partial charge in [-0.25, -0.2) is 4.98 Å². The van der Waals surface area contributed by atoms with E-state index in [2.05, 4.69) is 174 Å². The predicted molar refractivity (Wildman–Crippen MR) is 213 cm³/mol. The highest BCUT2D eigenvalue weighted by atomic mass is 15.1. The van der Waals surface area contributed by atoms with Crippen LogP contribution in [0.5, 0.6) is 0 Å². The van der Waals surface area contributed by atoms with Crippen LogP contribution in [0.4, 0.5) is 17.1 Å². The first-order valence-electron chi connectivity index (χ1n) is 17.2. The Labute approximate surface area is 294 Å². The van der Waals surface area contributed by atoms with Gasteiger partial charge in [0.2, 0.25) is 0 Å². The monoisotopic (exact) mass is 650 g/mol. The SMILES string of the molecule is c1ccc(N(c2ccccc2)c2ccc(-c3nc4cc(-c5ccnc6c5ccc5cccnc56)ccc4c4c3ccc3ccccc34)cc2)cc1. The molecule has 0 N–H and O–H groups in total. The van der Waals surface area contributed by atoms with E-state index in [0.717, 1.165) is 77.5 Å². The van der Waals surface area contributed by atoms with E-state index in [1.165, 1.54) is 16.2 Å². The molecule has 0 spiro atoms. The number of anilines is 3. The third-order valence-corrected chi connectivity index (χ3v) is 9.91. The molecule has 10 rings (SSSR count). The summed E-state index contributed by atoms with van der Waals surface area (Å²) in [6.45, 7) is 0. The lowest BCUT2D eigenvalue weighted by molar-refractivity contribution is 1.28. The molecule has 10 aromatic rings. The number of para-hydroxylation sites is 2. The second-order valence-electron chi connectivity index (χ2n) is 12.9. The Morgan fingerprint density at radius 2 is 1.02 bits per heavy atom. The largest absolute Gasteiger partial charge is 0.311 e. The van der Waals surface area contributed by atoms with E-state index in [4.69, 9.17) is 9.97 Å². The van der Waals surface area contributed by atoms with E-state index in [9.17, 15) is 0 Å². The molecule has 0 aliphatic carbocycles. The van der Waals surface area contributed by atoms with Gasteiger partial charge in [0.1, 0.15) is 0 Å². The van der Waals surface area contributed by atoms with Crippen molar-refractivity contribution in [2.75, 3.05) is 4.90 Å². The maximum Gasteiger partial charge on any atom is 0.0970 e. The summed E-state index contributed by atoms with van der Waals surface area (Å²) < 4.78 is 0. The molecular formula is C47H30N4. The molecular weight excluding hydrogens is 621 g/mol. The molecule has 3 aromatic heterocycles. The van der Waals surface area contributed by atoms with Crippen LogP contribution in [-0.4, -0.2) is 15.0 Å². The molecule has 7 aromatic carbocycles. The van der Waals surface area contributed by atoms with Crippen molar-refractivity contribution in [1.82, 2.24) is 15.0 Å². The van der Waals surface area contributed by atoms with Crippen LogP contribution >= 0.6 is 0 Å². The number of pyridine rings is 3. The number of benzene rings is 7. The lowest BCUT2D eigenvalue weighted by Crippen LogP contribution is -2.09. The van der Waals surface area contributed by atoms with Crippen molar-refractivity contribution in [3.63, 3.8) is 0 Å². The highest BCUT2D eigenvalue weighted by Gasteiger charge is 2.17. The minimum absolute atomic E-state index is 0.906. The highest BCUT2D eigenvalue weighted by molar-refractivity contribution is 6.23. The van der Waals surface area contributed by atoms with Gasteiger partial charge in [0.25, 0.3) is 0 Å². The third kappa shape index (κ3) is 4.88. The van der Waals surface area contributed by atoms with Crippen molar-refractivity contribution in [2.24, 2.45) is 0 Å². The number of rotatable bonds is 5. The van der Waals surface area contributed by atoms with E-state index in [1.54, 1.807) is 0 Å². The van der Waals surface area contributed by atoms with Crippen LogP contribution < -0.4 is 4.90 Å². The second-order valence-corrected chi connectivity index (χ2v) is 12.9. The Kier molecular flexibility index (Phi) is 6.78. The van der Waals surface area contributed by atoms with Crippen LogP contribution in [0.1, 0.15) is 0 Å². The molecule has 238 valence electrons. The number of aromatic nitrogens is 3. The second kappa shape index (κ2) is 11.9. The first-order chi connectivity index (χ1) is 25.3. The summed E-state index contributed by atoms with van der Waals surface area (Å²) in [4.78, 5) is 17.2. The van der Waals surface area contributed by atoms with Crippen LogP contribution in [0.3, 0.4) is 0 Å². The fourth-order valence-corrected chi connectivity index (χ4v) is 7.54. The first-order valence-corrected chi connectivity index (χ1v) is 17.2. The molecule has 0 aliphatic heterocycles. The Balaban J connectivity index is 1.17. The molecule has 51 heavy (non-hydrogen) atoms. The quantitative estimate of drug-likeness (QED) is 0.174. The number of hydrogen-bond donors (Lipinski definition) is 0. The summed E-state index contributed by atoms with van der Waals surface area (Å²) in [7, 11) is 0. The van der Waals surface area contributed by atoms with Gasteiger partial charge < -0.3 is 4.90 Å². The van der Waals surface area contributed by atoms with Gasteiger partial charge in [-0.15, -0.1) is 0 Å². The Morgan fingerprint density at radius 1 is 0.392 bits per heavy atom. The molecule has 0 atom stereocenters. The van der Waals surface area contributed by atoms with Crippen LogP contribution in [0.2, 0.25) is 0 Å².